The molecular weight excluding hydrogens is 209 g/mol. The number of thiol groups is 1. The zero-order valence-electron chi connectivity index (χ0n) is 7.13. The van der Waals surface area contributed by atoms with Gasteiger partial charge in [0.15, 0.2) is 0 Å². The molecule has 0 aliphatic heterocycles. The molecule has 0 fully saturated rings. The topological polar surface area (TPSA) is 67.3 Å². The van der Waals surface area contributed by atoms with Gasteiger partial charge in [-0.05, 0) is 11.6 Å². The molecule has 4 nitrogen and oxygen atoms in total. The molecule has 1 aromatic rings. The summed E-state index contributed by atoms with van der Waals surface area (Å²) in [6.07, 6.45) is 0.240. The third-order valence-corrected chi connectivity index (χ3v) is 2.05. The number of aliphatic hydroxyl groups excluding tert-OH is 1. The van der Waals surface area contributed by atoms with Crippen molar-refractivity contribution >= 4 is 10.7 Å². The number of hydrogen-bond acceptors (Lipinski definition) is 4. The normalized spacial score (nSPS) is 13.1. The molecule has 0 spiro atoms. The van der Waals surface area contributed by atoms with Gasteiger partial charge in [0, 0.05) is 6.20 Å². The molecule has 0 aromatic carbocycles. The fourth-order valence-corrected chi connectivity index (χ4v) is 1.37. The Kier molecular flexibility index (Phi) is 3.97. The minimum Gasteiger partial charge on any atom is -0.364 e. The molecule has 1 atom stereocenters. The number of pyridine rings is 1. The van der Waals surface area contributed by atoms with Crippen molar-refractivity contribution < 1.29 is 17.9 Å². The van der Waals surface area contributed by atoms with Gasteiger partial charge in [0.1, 0.15) is 10.7 Å². The van der Waals surface area contributed by atoms with Crippen LogP contribution in [0.2, 0.25) is 0 Å². The van der Waals surface area contributed by atoms with E-state index in [-0.39, 0.29) is 5.75 Å². The predicted octanol–water partition coefficient (Wildman–Crippen LogP) is 0.0333. The Bertz CT molecular complexity index is 353. The van der Waals surface area contributed by atoms with Gasteiger partial charge in [-0.25, -0.2) is 12.8 Å². The van der Waals surface area contributed by atoms with E-state index in [4.69, 9.17) is 5.11 Å². The smallest absolute Gasteiger partial charge is 0.204 e. The molecular formula is C8H9FNO3S. The first-order chi connectivity index (χ1) is 6.58. The number of rotatable bonds is 4. The largest absolute Gasteiger partial charge is 0.364 e. The van der Waals surface area contributed by atoms with E-state index in [1.54, 1.807) is 0 Å². The van der Waals surface area contributed by atoms with Crippen LogP contribution in [0, 0.1) is 6.42 Å². The van der Waals surface area contributed by atoms with E-state index in [0.29, 0.717) is 11.3 Å². The molecule has 77 valence electrons. The lowest BCUT2D eigenvalue weighted by Crippen LogP contribution is -2.00. The average molecular weight is 218 g/mol. The SMILES string of the molecule is O=[SH](=O)Cc1ccc([CH]C(O)F)cn1. The Labute approximate surface area is 82.4 Å². The van der Waals surface area contributed by atoms with Crippen molar-refractivity contribution in [2.45, 2.75) is 12.1 Å². The summed E-state index contributed by atoms with van der Waals surface area (Å²) in [5.41, 5.74) is 0.802. The maximum absolute atomic E-state index is 12.1. The molecule has 0 saturated heterocycles. The van der Waals surface area contributed by atoms with E-state index < -0.39 is 17.1 Å². The highest BCUT2D eigenvalue weighted by molar-refractivity contribution is 7.71. The second kappa shape index (κ2) is 5.02. The Hall–Kier alpha value is -1.01. The lowest BCUT2D eigenvalue weighted by atomic mass is 10.2. The summed E-state index contributed by atoms with van der Waals surface area (Å²) >= 11 is 0. The highest BCUT2D eigenvalue weighted by atomic mass is 32.2. The van der Waals surface area contributed by atoms with Crippen LogP contribution in [0.1, 0.15) is 11.3 Å². The molecule has 0 bridgehead atoms. The Morgan fingerprint density at radius 2 is 2.29 bits per heavy atom. The van der Waals surface area contributed by atoms with Gasteiger partial charge >= 0.3 is 0 Å². The molecule has 14 heavy (non-hydrogen) atoms. The Morgan fingerprint density at radius 1 is 1.57 bits per heavy atom. The molecule has 0 amide bonds. The lowest BCUT2D eigenvalue weighted by Gasteiger charge is -2.00. The molecule has 6 heteroatoms. The van der Waals surface area contributed by atoms with Gasteiger partial charge in [-0.3, -0.25) is 4.98 Å². The van der Waals surface area contributed by atoms with E-state index in [9.17, 15) is 12.8 Å². The lowest BCUT2D eigenvalue weighted by molar-refractivity contribution is 0.0759. The van der Waals surface area contributed by atoms with Crippen LogP contribution in [-0.4, -0.2) is 24.9 Å². The highest BCUT2D eigenvalue weighted by Gasteiger charge is 2.03. The maximum atomic E-state index is 12.1. The van der Waals surface area contributed by atoms with Crippen LogP contribution < -0.4 is 0 Å². The zero-order chi connectivity index (χ0) is 10.6. The van der Waals surface area contributed by atoms with Crippen molar-refractivity contribution in [3.63, 3.8) is 0 Å². The van der Waals surface area contributed by atoms with Crippen molar-refractivity contribution in [1.82, 2.24) is 4.98 Å². The number of aliphatic hydroxyl groups is 1. The highest BCUT2D eigenvalue weighted by Crippen LogP contribution is 2.06. The van der Waals surface area contributed by atoms with Crippen molar-refractivity contribution in [1.29, 1.82) is 0 Å². The van der Waals surface area contributed by atoms with Gasteiger partial charge in [-0.1, -0.05) is 6.07 Å². The van der Waals surface area contributed by atoms with Crippen molar-refractivity contribution in [3.8, 4) is 0 Å². The van der Waals surface area contributed by atoms with Gasteiger partial charge in [-0.15, -0.1) is 0 Å². The third kappa shape index (κ3) is 3.80. The Morgan fingerprint density at radius 3 is 2.71 bits per heavy atom. The van der Waals surface area contributed by atoms with E-state index >= 15 is 0 Å². The fourth-order valence-electron chi connectivity index (χ4n) is 0.919. The summed E-state index contributed by atoms with van der Waals surface area (Å²) in [6, 6.07) is 2.96. The van der Waals surface area contributed by atoms with Crippen LogP contribution in [0.3, 0.4) is 0 Å². The van der Waals surface area contributed by atoms with E-state index in [0.717, 1.165) is 6.42 Å². The van der Waals surface area contributed by atoms with Crippen LogP contribution in [0.15, 0.2) is 18.3 Å². The first kappa shape index (κ1) is 11.1. The van der Waals surface area contributed by atoms with Crippen LogP contribution in [0.4, 0.5) is 4.39 Å². The standard InChI is InChI=1S/C8H9FNO3S/c9-8(11)3-6-1-2-7(10-4-6)5-14(12)13/h1-4,8,11,14H,5H2. The molecule has 1 radical (unpaired) electrons. The van der Waals surface area contributed by atoms with Crippen LogP contribution in [0.5, 0.6) is 0 Å². The average Bonchev–Trinajstić information content (AvgIpc) is 2.06. The van der Waals surface area contributed by atoms with Gasteiger partial charge in [0.2, 0.25) is 6.36 Å². The van der Waals surface area contributed by atoms with Crippen molar-refractivity contribution in [2.75, 3.05) is 0 Å². The molecule has 0 aliphatic rings. The second-order valence-corrected chi connectivity index (χ2v) is 3.59. The number of hydrogen-bond donors (Lipinski definition) is 2. The van der Waals surface area contributed by atoms with E-state index in [1.165, 1.54) is 18.3 Å². The first-order valence-electron chi connectivity index (χ1n) is 3.81. The van der Waals surface area contributed by atoms with E-state index in [2.05, 4.69) is 4.98 Å². The molecule has 1 unspecified atom stereocenters. The number of nitrogens with zero attached hydrogens (tertiary/aromatic N) is 1. The van der Waals surface area contributed by atoms with Crippen molar-refractivity contribution in [2.24, 2.45) is 0 Å². The number of aromatic nitrogens is 1. The minimum absolute atomic E-state index is 0.131. The number of alkyl halides is 1. The van der Waals surface area contributed by atoms with Crippen LogP contribution in [0.25, 0.3) is 0 Å². The maximum Gasteiger partial charge on any atom is 0.204 e. The summed E-state index contributed by atoms with van der Waals surface area (Å²) in [7, 11) is -2.50. The molecule has 1 rings (SSSR count). The quantitative estimate of drug-likeness (QED) is 0.700. The first-order valence-corrected chi connectivity index (χ1v) is 5.18. The minimum atomic E-state index is -2.50. The summed E-state index contributed by atoms with van der Waals surface area (Å²) in [4.78, 5) is 3.78. The Balaban J connectivity index is 2.68. The van der Waals surface area contributed by atoms with Gasteiger partial charge in [-0.2, -0.15) is 0 Å². The molecule has 1 aromatic heterocycles. The summed E-state index contributed by atoms with van der Waals surface area (Å²) in [5, 5.41) is 8.37. The predicted molar refractivity (Wildman–Crippen MR) is 48.8 cm³/mol. The van der Waals surface area contributed by atoms with Gasteiger partial charge in [0.05, 0.1) is 17.9 Å². The summed E-state index contributed by atoms with van der Waals surface area (Å²) < 4.78 is 32.7. The van der Waals surface area contributed by atoms with Gasteiger partial charge < -0.3 is 5.11 Å². The summed E-state index contributed by atoms with van der Waals surface area (Å²) in [6.45, 7) is 0. The molecule has 0 saturated carbocycles. The molecule has 1 heterocycles. The van der Waals surface area contributed by atoms with E-state index in [1.807, 2.05) is 0 Å². The summed E-state index contributed by atoms with van der Waals surface area (Å²) in [5.74, 6) is -0.131. The molecule has 1 N–H and O–H groups in total. The molecule has 0 aliphatic carbocycles. The third-order valence-electron chi connectivity index (χ3n) is 1.47. The van der Waals surface area contributed by atoms with Crippen LogP contribution >= 0.6 is 0 Å². The number of halogens is 1. The van der Waals surface area contributed by atoms with Crippen molar-refractivity contribution in [3.05, 3.63) is 36.0 Å². The van der Waals surface area contributed by atoms with Crippen LogP contribution in [-0.2, 0) is 16.5 Å². The fraction of sp³-hybridized carbons (Fsp3) is 0.250. The van der Waals surface area contributed by atoms with Gasteiger partial charge in [0.25, 0.3) is 0 Å². The zero-order valence-corrected chi connectivity index (χ0v) is 8.02. The second-order valence-electron chi connectivity index (χ2n) is 2.61. The monoisotopic (exact) mass is 218 g/mol.